The first-order valence-corrected chi connectivity index (χ1v) is 10.3. The smallest absolute Gasteiger partial charge is 0.408 e. The lowest BCUT2D eigenvalue weighted by molar-refractivity contribution is -0.306. The topological polar surface area (TPSA) is 83.1 Å². The highest BCUT2D eigenvalue weighted by Crippen LogP contribution is 2.29. The van der Waals surface area contributed by atoms with E-state index in [0.717, 1.165) is 12.8 Å². The second kappa shape index (κ2) is 10.4. The van der Waals surface area contributed by atoms with Gasteiger partial charge in [0, 0.05) is 6.42 Å². The molecule has 7 nitrogen and oxygen atoms in total. The van der Waals surface area contributed by atoms with Crippen molar-refractivity contribution in [2.75, 3.05) is 6.61 Å². The maximum absolute atomic E-state index is 12.2. The highest BCUT2D eigenvalue weighted by molar-refractivity contribution is 5.69. The van der Waals surface area contributed by atoms with Gasteiger partial charge in [0.1, 0.15) is 5.60 Å². The van der Waals surface area contributed by atoms with Crippen LogP contribution in [0, 0.1) is 5.92 Å². The van der Waals surface area contributed by atoms with Crippen molar-refractivity contribution in [2.45, 2.75) is 111 Å². The molecule has 1 N–H and O–H groups in total. The van der Waals surface area contributed by atoms with Crippen LogP contribution in [0.3, 0.4) is 0 Å². The summed E-state index contributed by atoms with van der Waals surface area (Å²) < 4.78 is 22.5. The van der Waals surface area contributed by atoms with Gasteiger partial charge in [-0.1, -0.05) is 13.8 Å². The fourth-order valence-corrected chi connectivity index (χ4v) is 3.19. The number of esters is 1. The number of hydrogen-bond acceptors (Lipinski definition) is 6. The van der Waals surface area contributed by atoms with E-state index < -0.39 is 23.5 Å². The van der Waals surface area contributed by atoms with Crippen molar-refractivity contribution in [2.24, 2.45) is 5.92 Å². The molecule has 1 aliphatic heterocycles. The summed E-state index contributed by atoms with van der Waals surface area (Å²) in [7, 11) is 0. The van der Waals surface area contributed by atoms with Gasteiger partial charge in [0.05, 0.1) is 24.9 Å². The van der Waals surface area contributed by atoms with E-state index in [2.05, 4.69) is 19.2 Å². The quantitative estimate of drug-likeness (QED) is 0.485. The second-order valence-electron chi connectivity index (χ2n) is 9.35. The third-order valence-corrected chi connectivity index (χ3v) is 4.32. The minimum absolute atomic E-state index is 0.224. The Morgan fingerprint density at radius 1 is 1.18 bits per heavy atom. The van der Waals surface area contributed by atoms with Crippen LogP contribution in [0.5, 0.6) is 0 Å². The predicted octanol–water partition coefficient (Wildman–Crippen LogP) is 4.18. The normalized spacial score (nSPS) is 24.7. The molecule has 0 spiro atoms. The monoisotopic (exact) mass is 401 g/mol. The van der Waals surface area contributed by atoms with Crippen molar-refractivity contribution in [1.29, 1.82) is 0 Å². The van der Waals surface area contributed by atoms with E-state index in [1.165, 1.54) is 0 Å². The molecule has 1 saturated heterocycles. The summed E-state index contributed by atoms with van der Waals surface area (Å²) in [6, 6.07) is -0.420. The number of amides is 1. The van der Waals surface area contributed by atoms with Crippen molar-refractivity contribution in [3.63, 3.8) is 0 Å². The van der Waals surface area contributed by atoms with E-state index in [-0.39, 0.29) is 24.6 Å². The van der Waals surface area contributed by atoms with Crippen molar-refractivity contribution < 1.29 is 28.5 Å². The highest BCUT2D eigenvalue weighted by atomic mass is 16.7. The van der Waals surface area contributed by atoms with Crippen molar-refractivity contribution in [3.05, 3.63) is 0 Å². The summed E-state index contributed by atoms with van der Waals surface area (Å²) in [6.07, 6.45) is 1.35. The summed E-state index contributed by atoms with van der Waals surface area (Å²) in [5.74, 6) is -0.449. The molecule has 0 aromatic heterocycles. The standard InChI is InChI=1S/C21H39NO6/c1-14(2)10-9-13-25-17(23)12-11-16-18(15(3)26-21(7,8)27-16)22-19(24)28-20(4,5)6/h14-16,18H,9-13H2,1-8H3,(H,22,24)/t15-,16-,18+/m1/s1. The molecule has 1 heterocycles. The molecule has 0 unspecified atom stereocenters. The van der Waals surface area contributed by atoms with Crippen LogP contribution in [0.25, 0.3) is 0 Å². The van der Waals surface area contributed by atoms with Crippen LogP contribution in [0.2, 0.25) is 0 Å². The van der Waals surface area contributed by atoms with Crippen molar-refractivity contribution in [3.8, 4) is 0 Å². The predicted molar refractivity (Wildman–Crippen MR) is 107 cm³/mol. The first-order valence-electron chi connectivity index (χ1n) is 10.3. The Bertz CT molecular complexity index is 512. The Balaban J connectivity index is 2.61. The zero-order valence-corrected chi connectivity index (χ0v) is 18.8. The van der Waals surface area contributed by atoms with Gasteiger partial charge in [0.2, 0.25) is 0 Å². The molecule has 0 aliphatic carbocycles. The van der Waals surface area contributed by atoms with Crippen LogP contribution in [0.4, 0.5) is 4.79 Å². The third kappa shape index (κ3) is 9.73. The van der Waals surface area contributed by atoms with Crippen molar-refractivity contribution >= 4 is 12.1 Å². The number of hydrogen-bond donors (Lipinski definition) is 1. The minimum Gasteiger partial charge on any atom is -0.466 e. The lowest BCUT2D eigenvalue weighted by Gasteiger charge is -2.45. The van der Waals surface area contributed by atoms with E-state index in [0.29, 0.717) is 18.9 Å². The average molecular weight is 402 g/mol. The Hall–Kier alpha value is -1.34. The van der Waals surface area contributed by atoms with Crippen LogP contribution in [0.15, 0.2) is 0 Å². The molecule has 0 bridgehead atoms. The van der Waals surface area contributed by atoms with Crippen LogP contribution in [-0.2, 0) is 23.7 Å². The fraction of sp³-hybridized carbons (Fsp3) is 0.905. The van der Waals surface area contributed by atoms with E-state index in [1.54, 1.807) is 20.8 Å². The first-order chi connectivity index (χ1) is 12.8. The maximum atomic E-state index is 12.2. The van der Waals surface area contributed by atoms with Gasteiger partial charge in [-0.2, -0.15) is 0 Å². The van der Waals surface area contributed by atoms with Crippen LogP contribution < -0.4 is 5.32 Å². The second-order valence-corrected chi connectivity index (χ2v) is 9.35. The first kappa shape index (κ1) is 24.7. The van der Waals surface area contributed by atoms with E-state index >= 15 is 0 Å². The van der Waals surface area contributed by atoms with Gasteiger partial charge in [0.25, 0.3) is 0 Å². The summed E-state index contributed by atoms with van der Waals surface area (Å²) in [5.41, 5.74) is -0.599. The summed E-state index contributed by atoms with van der Waals surface area (Å²) >= 11 is 0. The molecule has 0 aromatic carbocycles. The van der Waals surface area contributed by atoms with Gasteiger partial charge in [0.15, 0.2) is 5.79 Å². The lowest BCUT2D eigenvalue weighted by Crippen LogP contribution is -2.60. The van der Waals surface area contributed by atoms with Crippen LogP contribution in [0.1, 0.15) is 81.1 Å². The van der Waals surface area contributed by atoms with Gasteiger partial charge in [-0.25, -0.2) is 4.79 Å². The van der Waals surface area contributed by atoms with Gasteiger partial charge < -0.3 is 24.3 Å². The van der Waals surface area contributed by atoms with E-state index in [4.69, 9.17) is 18.9 Å². The molecule has 7 heteroatoms. The number of carbonyl (C=O) groups is 2. The van der Waals surface area contributed by atoms with Crippen LogP contribution >= 0.6 is 0 Å². The Kier molecular flexibility index (Phi) is 9.21. The minimum atomic E-state index is -0.794. The lowest BCUT2D eigenvalue weighted by atomic mass is 9.98. The van der Waals surface area contributed by atoms with Crippen molar-refractivity contribution in [1.82, 2.24) is 5.32 Å². The largest absolute Gasteiger partial charge is 0.466 e. The van der Waals surface area contributed by atoms with Gasteiger partial charge in [-0.3, -0.25) is 4.79 Å². The van der Waals surface area contributed by atoms with Crippen LogP contribution in [-0.4, -0.2) is 48.3 Å². The molecule has 0 radical (unpaired) electrons. The van der Waals surface area contributed by atoms with Gasteiger partial charge in [-0.15, -0.1) is 0 Å². The molecule has 0 aromatic rings. The Morgan fingerprint density at radius 3 is 2.39 bits per heavy atom. The Morgan fingerprint density at radius 2 is 1.82 bits per heavy atom. The summed E-state index contributed by atoms with van der Waals surface area (Å²) in [5, 5.41) is 2.84. The Labute approximate surface area is 169 Å². The molecule has 3 atom stereocenters. The van der Waals surface area contributed by atoms with E-state index in [9.17, 15) is 9.59 Å². The zero-order valence-electron chi connectivity index (χ0n) is 18.8. The van der Waals surface area contributed by atoms with E-state index in [1.807, 2.05) is 20.8 Å². The average Bonchev–Trinajstić information content (AvgIpc) is 2.50. The molecular weight excluding hydrogens is 362 g/mol. The number of rotatable bonds is 8. The van der Waals surface area contributed by atoms with Gasteiger partial charge >= 0.3 is 12.1 Å². The summed E-state index contributed by atoms with van der Waals surface area (Å²) in [4.78, 5) is 24.3. The highest BCUT2D eigenvalue weighted by Gasteiger charge is 2.42. The number of alkyl carbamates (subject to hydrolysis) is 1. The summed E-state index contributed by atoms with van der Waals surface area (Å²) in [6.45, 7) is 15.7. The number of carbonyl (C=O) groups excluding carboxylic acids is 2. The molecule has 1 amide bonds. The maximum Gasteiger partial charge on any atom is 0.408 e. The molecule has 1 rings (SSSR count). The number of nitrogens with one attached hydrogen (secondary N) is 1. The molecule has 0 saturated carbocycles. The molecule has 28 heavy (non-hydrogen) atoms. The molecule has 164 valence electrons. The third-order valence-electron chi connectivity index (χ3n) is 4.32. The molecule has 1 aliphatic rings. The fourth-order valence-electron chi connectivity index (χ4n) is 3.19. The SMILES string of the molecule is CC(C)CCCOC(=O)CC[C@H]1OC(C)(C)O[C@H](C)[C@@H]1NC(=O)OC(C)(C)C. The van der Waals surface area contributed by atoms with Gasteiger partial charge in [-0.05, 0) is 66.7 Å². The number of ether oxygens (including phenoxy) is 4. The zero-order chi connectivity index (χ0) is 21.5. The molecule has 1 fully saturated rings. The molecular formula is C21H39NO6.